The number of nitro benzene ring substituents is 1. The molecule has 0 aromatic heterocycles. The summed E-state index contributed by atoms with van der Waals surface area (Å²) in [5.74, 6) is 0.411. The average molecular weight is 282 g/mol. The number of ether oxygens (including phenoxy) is 1. The first kappa shape index (κ1) is 14.5. The van der Waals surface area contributed by atoms with Gasteiger partial charge in [0.05, 0.1) is 17.6 Å². The van der Waals surface area contributed by atoms with Crippen LogP contribution >= 0.6 is 0 Å². The smallest absolute Gasteiger partial charge is 0.290 e. The van der Waals surface area contributed by atoms with Gasteiger partial charge in [-0.1, -0.05) is 30.3 Å². The van der Waals surface area contributed by atoms with E-state index in [4.69, 9.17) is 10.00 Å². The van der Waals surface area contributed by atoms with Crippen LogP contribution in [0.15, 0.2) is 48.5 Å². The van der Waals surface area contributed by atoms with E-state index in [1.165, 1.54) is 17.7 Å². The van der Waals surface area contributed by atoms with Crippen molar-refractivity contribution in [2.24, 2.45) is 0 Å². The largest absolute Gasteiger partial charge is 0.493 e. The van der Waals surface area contributed by atoms with E-state index >= 15 is 0 Å². The molecule has 0 heterocycles. The lowest BCUT2D eigenvalue weighted by molar-refractivity contribution is -0.385. The van der Waals surface area contributed by atoms with Gasteiger partial charge in [0, 0.05) is 0 Å². The first-order valence-electron chi connectivity index (χ1n) is 6.56. The minimum Gasteiger partial charge on any atom is -0.493 e. The van der Waals surface area contributed by atoms with Gasteiger partial charge in [0.25, 0.3) is 5.69 Å². The highest BCUT2D eigenvalue weighted by atomic mass is 16.6. The molecule has 2 aromatic carbocycles. The molecule has 0 unspecified atom stereocenters. The Balaban J connectivity index is 1.90. The highest BCUT2D eigenvalue weighted by Crippen LogP contribution is 2.24. The van der Waals surface area contributed by atoms with Crippen molar-refractivity contribution in [2.45, 2.75) is 12.8 Å². The fourth-order valence-corrected chi connectivity index (χ4v) is 1.96. The first-order chi connectivity index (χ1) is 10.2. The molecule has 0 amide bonds. The molecule has 0 fully saturated rings. The van der Waals surface area contributed by atoms with Gasteiger partial charge in [0.15, 0.2) is 0 Å². The number of nitriles is 1. The molecule has 0 saturated carbocycles. The fourth-order valence-electron chi connectivity index (χ4n) is 1.96. The molecule has 0 aliphatic heterocycles. The van der Waals surface area contributed by atoms with Gasteiger partial charge in [-0.2, -0.15) is 5.26 Å². The van der Waals surface area contributed by atoms with E-state index in [0.717, 1.165) is 12.8 Å². The van der Waals surface area contributed by atoms with E-state index < -0.39 is 4.92 Å². The second kappa shape index (κ2) is 7.06. The Labute approximate surface area is 122 Å². The van der Waals surface area contributed by atoms with Crippen LogP contribution in [0.4, 0.5) is 5.69 Å². The molecule has 106 valence electrons. The van der Waals surface area contributed by atoms with E-state index in [1.54, 1.807) is 12.1 Å². The normalized spacial score (nSPS) is 9.86. The Morgan fingerprint density at radius 1 is 1.19 bits per heavy atom. The Morgan fingerprint density at radius 3 is 2.62 bits per heavy atom. The average Bonchev–Trinajstić information content (AvgIpc) is 2.52. The van der Waals surface area contributed by atoms with Crippen LogP contribution in [-0.2, 0) is 6.42 Å². The lowest BCUT2D eigenvalue weighted by Gasteiger charge is -2.06. The van der Waals surface area contributed by atoms with Crippen LogP contribution in [0.25, 0.3) is 0 Å². The van der Waals surface area contributed by atoms with Crippen LogP contribution in [0.3, 0.4) is 0 Å². The van der Waals surface area contributed by atoms with Gasteiger partial charge < -0.3 is 4.74 Å². The van der Waals surface area contributed by atoms with E-state index in [2.05, 4.69) is 0 Å². The van der Waals surface area contributed by atoms with Crippen molar-refractivity contribution in [3.05, 3.63) is 69.8 Å². The molecule has 2 aromatic rings. The van der Waals surface area contributed by atoms with Gasteiger partial charge in [0.2, 0.25) is 0 Å². The monoisotopic (exact) mass is 282 g/mol. The lowest BCUT2D eigenvalue weighted by Crippen LogP contribution is -2.00. The van der Waals surface area contributed by atoms with Crippen molar-refractivity contribution < 1.29 is 9.66 Å². The van der Waals surface area contributed by atoms with Crippen molar-refractivity contribution >= 4 is 5.69 Å². The Morgan fingerprint density at radius 2 is 1.95 bits per heavy atom. The fraction of sp³-hybridized carbons (Fsp3) is 0.188. The third-order valence-electron chi connectivity index (χ3n) is 3.01. The second-order valence-corrected chi connectivity index (χ2v) is 4.49. The number of hydrogen-bond donors (Lipinski definition) is 0. The standard InChI is InChI=1S/C16H14N2O3/c17-12-14-8-9-15(11-16(14)18(19)20)21-10-4-7-13-5-2-1-3-6-13/h1-3,5-6,8-9,11H,4,7,10H2. The summed E-state index contributed by atoms with van der Waals surface area (Å²) in [7, 11) is 0. The zero-order chi connectivity index (χ0) is 15.1. The number of benzene rings is 2. The summed E-state index contributed by atoms with van der Waals surface area (Å²) in [4.78, 5) is 10.3. The Kier molecular flexibility index (Phi) is 4.89. The van der Waals surface area contributed by atoms with E-state index in [0.29, 0.717) is 12.4 Å². The minimum absolute atomic E-state index is 0.0386. The molecule has 0 aliphatic rings. The SMILES string of the molecule is N#Cc1ccc(OCCCc2ccccc2)cc1[N+](=O)[O-]. The maximum atomic E-state index is 10.8. The molecule has 0 radical (unpaired) electrons. The molecular weight excluding hydrogens is 268 g/mol. The molecular formula is C16H14N2O3. The van der Waals surface area contributed by atoms with Gasteiger partial charge in [-0.15, -0.1) is 0 Å². The third-order valence-corrected chi connectivity index (χ3v) is 3.01. The maximum Gasteiger partial charge on any atom is 0.290 e. The second-order valence-electron chi connectivity index (χ2n) is 4.49. The van der Waals surface area contributed by atoms with Crippen molar-refractivity contribution in [2.75, 3.05) is 6.61 Å². The van der Waals surface area contributed by atoms with Crippen molar-refractivity contribution in [1.29, 1.82) is 5.26 Å². The number of rotatable bonds is 6. The van der Waals surface area contributed by atoms with E-state index in [1.807, 2.05) is 30.3 Å². The summed E-state index contributed by atoms with van der Waals surface area (Å²) < 4.78 is 5.50. The van der Waals surface area contributed by atoms with Crippen LogP contribution in [0, 0.1) is 21.4 Å². The molecule has 0 aliphatic carbocycles. The van der Waals surface area contributed by atoms with Crippen LogP contribution in [0.2, 0.25) is 0 Å². The van der Waals surface area contributed by atoms with Gasteiger partial charge in [-0.3, -0.25) is 10.1 Å². The van der Waals surface area contributed by atoms with Gasteiger partial charge in [0.1, 0.15) is 17.4 Å². The number of nitro groups is 1. The molecule has 0 saturated heterocycles. The van der Waals surface area contributed by atoms with Crippen molar-refractivity contribution in [3.63, 3.8) is 0 Å². The van der Waals surface area contributed by atoms with Gasteiger partial charge in [-0.05, 0) is 30.5 Å². The summed E-state index contributed by atoms with van der Waals surface area (Å²) in [5, 5.41) is 19.6. The van der Waals surface area contributed by atoms with Gasteiger partial charge >= 0.3 is 0 Å². The quantitative estimate of drug-likeness (QED) is 0.461. The lowest BCUT2D eigenvalue weighted by atomic mass is 10.1. The topological polar surface area (TPSA) is 76.2 Å². The minimum atomic E-state index is -0.574. The summed E-state index contributed by atoms with van der Waals surface area (Å²) >= 11 is 0. The molecule has 5 heteroatoms. The Bertz CT molecular complexity index is 663. The molecule has 2 rings (SSSR count). The summed E-state index contributed by atoms with van der Waals surface area (Å²) in [6, 6.07) is 16.1. The van der Waals surface area contributed by atoms with Crippen molar-refractivity contribution in [1.82, 2.24) is 0 Å². The van der Waals surface area contributed by atoms with E-state index in [9.17, 15) is 10.1 Å². The Hall–Kier alpha value is -2.87. The number of aryl methyl sites for hydroxylation is 1. The number of nitrogens with zero attached hydrogens (tertiary/aromatic N) is 2. The predicted octanol–water partition coefficient (Wildman–Crippen LogP) is 3.48. The van der Waals surface area contributed by atoms with Gasteiger partial charge in [-0.25, -0.2) is 0 Å². The zero-order valence-corrected chi connectivity index (χ0v) is 11.4. The molecule has 5 nitrogen and oxygen atoms in total. The first-order valence-corrected chi connectivity index (χ1v) is 6.56. The summed E-state index contributed by atoms with van der Waals surface area (Å²) in [5.41, 5.74) is 1.04. The molecule has 21 heavy (non-hydrogen) atoms. The third kappa shape index (κ3) is 4.05. The maximum absolute atomic E-state index is 10.8. The molecule has 0 N–H and O–H groups in total. The zero-order valence-electron chi connectivity index (χ0n) is 11.4. The van der Waals surface area contributed by atoms with Crippen molar-refractivity contribution in [3.8, 4) is 11.8 Å². The van der Waals surface area contributed by atoms with Crippen LogP contribution in [-0.4, -0.2) is 11.5 Å². The molecule has 0 bridgehead atoms. The number of hydrogen-bond acceptors (Lipinski definition) is 4. The highest BCUT2D eigenvalue weighted by Gasteiger charge is 2.14. The van der Waals surface area contributed by atoms with E-state index in [-0.39, 0.29) is 11.3 Å². The molecule has 0 spiro atoms. The van der Waals surface area contributed by atoms with Crippen LogP contribution < -0.4 is 4.74 Å². The summed E-state index contributed by atoms with van der Waals surface area (Å²) in [6.45, 7) is 0.470. The van der Waals surface area contributed by atoms with Crippen LogP contribution in [0.5, 0.6) is 5.75 Å². The molecule has 0 atom stereocenters. The predicted molar refractivity (Wildman–Crippen MR) is 78.1 cm³/mol. The summed E-state index contributed by atoms with van der Waals surface area (Å²) in [6.07, 6.45) is 1.71. The highest BCUT2D eigenvalue weighted by molar-refractivity contribution is 5.52. The van der Waals surface area contributed by atoms with Crippen LogP contribution in [0.1, 0.15) is 17.5 Å².